The first kappa shape index (κ1) is 30.0. The number of fused-ring (bicyclic) bond motifs is 2. The molecule has 1 amide bonds. The zero-order chi connectivity index (χ0) is 30.8. The van der Waals surface area contributed by atoms with Crippen molar-refractivity contribution in [1.82, 2.24) is 34.9 Å². The van der Waals surface area contributed by atoms with Crippen molar-refractivity contribution in [3.8, 4) is 17.6 Å². The van der Waals surface area contributed by atoms with Gasteiger partial charge in [-0.05, 0) is 18.6 Å². The number of nitrogens with zero attached hydrogens (tertiary/aromatic N) is 7. The molecule has 0 bridgehead atoms. The summed E-state index contributed by atoms with van der Waals surface area (Å²) in [5, 5.41) is 7.73. The van der Waals surface area contributed by atoms with Crippen LogP contribution in [0.1, 0.15) is 13.3 Å². The van der Waals surface area contributed by atoms with E-state index in [4.69, 9.17) is 35.8 Å². The Morgan fingerprint density at radius 2 is 2.05 bits per heavy atom. The summed E-state index contributed by atoms with van der Waals surface area (Å²) in [6, 6.07) is 3.26. The predicted molar refractivity (Wildman–Crippen MR) is 164 cm³/mol. The highest BCUT2D eigenvalue weighted by Crippen LogP contribution is 2.40. The van der Waals surface area contributed by atoms with E-state index >= 15 is 0 Å². The van der Waals surface area contributed by atoms with Gasteiger partial charge in [0.25, 0.3) is 0 Å². The van der Waals surface area contributed by atoms with Gasteiger partial charge in [-0.25, -0.2) is 9.37 Å². The van der Waals surface area contributed by atoms with Crippen molar-refractivity contribution in [2.45, 2.75) is 19.4 Å². The number of carbonyl (C=O) groups is 1. The Morgan fingerprint density at radius 1 is 1.23 bits per heavy atom. The van der Waals surface area contributed by atoms with E-state index in [1.54, 1.807) is 24.3 Å². The summed E-state index contributed by atoms with van der Waals surface area (Å²) in [4.78, 5) is 32.5. The molecule has 0 unspecified atom stereocenters. The van der Waals surface area contributed by atoms with Gasteiger partial charge < -0.3 is 28.9 Å². The van der Waals surface area contributed by atoms with Crippen molar-refractivity contribution in [2.75, 3.05) is 64.4 Å². The molecule has 0 saturated carbocycles. The number of benzene rings is 1. The smallest absolute Gasteiger partial charge is 0.319 e. The minimum atomic E-state index is -0.657. The summed E-state index contributed by atoms with van der Waals surface area (Å²) in [6.45, 7) is 11.1. The molecule has 4 aromatic rings. The van der Waals surface area contributed by atoms with Crippen LogP contribution in [0, 0.1) is 11.7 Å². The van der Waals surface area contributed by atoms with Crippen molar-refractivity contribution in [1.29, 1.82) is 0 Å². The molecular weight excluding hydrogens is 591 g/mol. The standard InChI is InChI=1S/C30H34ClFN8O4/c1-4-24(41)39-9-11-40(12-10-39)28-19-5-7-33-29(44-27-20-16-34-37-22(20)15-21(32)25(27)31)26(19)35-30(36-28)43-23-6-8-38(13-14-42-3)17-18(23)2/h4-5,7,15-16,18,23H,1,6,8-14,17H2,2-3H3,(H,34,37)/t18-,23-/m1/s1. The van der Waals surface area contributed by atoms with Gasteiger partial charge in [0.15, 0.2) is 5.75 Å². The Kier molecular flexibility index (Phi) is 8.78. The predicted octanol–water partition coefficient (Wildman–Crippen LogP) is 4.06. The lowest BCUT2D eigenvalue weighted by Crippen LogP contribution is -2.48. The van der Waals surface area contributed by atoms with Crippen LogP contribution in [0.5, 0.6) is 17.6 Å². The van der Waals surface area contributed by atoms with E-state index in [0.717, 1.165) is 26.1 Å². The Morgan fingerprint density at radius 3 is 2.80 bits per heavy atom. The quantitative estimate of drug-likeness (QED) is 0.273. The van der Waals surface area contributed by atoms with Gasteiger partial charge in [0.1, 0.15) is 28.3 Å². The summed E-state index contributed by atoms with van der Waals surface area (Å²) in [5.41, 5.74) is 0.818. The Hall–Kier alpha value is -4.07. The topological polar surface area (TPSA) is 122 Å². The van der Waals surface area contributed by atoms with Crippen molar-refractivity contribution < 1.29 is 23.4 Å². The maximum absolute atomic E-state index is 14.7. The van der Waals surface area contributed by atoms with E-state index in [-0.39, 0.29) is 40.6 Å². The molecule has 6 rings (SSSR count). The van der Waals surface area contributed by atoms with Gasteiger partial charge in [-0.2, -0.15) is 15.1 Å². The third kappa shape index (κ3) is 5.99. The molecule has 1 N–H and O–H groups in total. The third-order valence-corrected chi connectivity index (χ3v) is 8.53. The molecule has 44 heavy (non-hydrogen) atoms. The largest absolute Gasteiger partial charge is 0.460 e. The number of piperidine rings is 1. The highest BCUT2D eigenvalue weighted by atomic mass is 35.5. The fourth-order valence-corrected chi connectivity index (χ4v) is 5.97. The highest BCUT2D eigenvalue weighted by molar-refractivity contribution is 6.33. The lowest BCUT2D eigenvalue weighted by Gasteiger charge is -2.37. The zero-order valence-corrected chi connectivity index (χ0v) is 25.4. The summed E-state index contributed by atoms with van der Waals surface area (Å²) in [7, 11) is 1.71. The summed E-state index contributed by atoms with van der Waals surface area (Å²) < 4.78 is 32.6. The van der Waals surface area contributed by atoms with Crippen LogP contribution in [0.15, 0.2) is 37.2 Å². The molecule has 5 heterocycles. The Balaban J connectivity index is 1.37. The van der Waals surface area contributed by atoms with Gasteiger partial charge in [-0.1, -0.05) is 25.1 Å². The number of halogens is 2. The number of amides is 1. The van der Waals surface area contributed by atoms with Gasteiger partial charge in [0.2, 0.25) is 11.8 Å². The SMILES string of the molecule is C=CC(=O)N1CCN(c2nc(O[C@@H]3CCN(CCOC)C[C@H]3C)nc3c(Oc4c(Cl)c(F)cc5[nH]ncc45)nccc23)CC1. The fourth-order valence-electron chi connectivity index (χ4n) is 5.78. The van der Waals surface area contributed by atoms with Crippen molar-refractivity contribution in [3.05, 3.63) is 48.0 Å². The number of hydrogen-bond acceptors (Lipinski definition) is 10. The summed E-state index contributed by atoms with van der Waals surface area (Å²) >= 11 is 6.37. The highest BCUT2D eigenvalue weighted by Gasteiger charge is 2.30. The number of piperazine rings is 1. The van der Waals surface area contributed by atoms with Gasteiger partial charge in [-0.15, -0.1) is 0 Å². The lowest BCUT2D eigenvalue weighted by atomic mass is 9.96. The van der Waals surface area contributed by atoms with Crippen LogP contribution < -0.4 is 14.4 Å². The molecular formula is C30H34ClFN8O4. The molecule has 0 spiro atoms. The monoisotopic (exact) mass is 624 g/mol. The maximum Gasteiger partial charge on any atom is 0.319 e. The molecule has 12 nitrogen and oxygen atoms in total. The second-order valence-electron chi connectivity index (χ2n) is 11.0. The first-order valence-corrected chi connectivity index (χ1v) is 14.9. The first-order valence-electron chi connectivity index (χ1n) is 14.6. The number of ether oxygens (including phenoxy) is 3. The van der Waals surface area contributed by atoms with Crippen molar-refractivity contribution in [2.24, 2.45) is 5.92 Å². The van der Waals surface area contributed by atoms with E-state index in [1.807, 2.05) is 0 Å². The number of likely N-dealkylation sites (tertiary alicyclic amines) is 1. The average Bonchev–Trinajstić information content (AvgIpc) is 3.51. The summed E-state index contributed by atoms with van der Waals surface area (Å²) in [5.74, 6) is 0.287. The third-order valence-electron chi connectivity index (χ3n) is 8.18. The van der Waals surface area contributed by atoms with Gasteiger partial charge >= 0.3 is 6.01 Å². The number of hydrogen-bond donors (Lipinski definition) is 1. The molecule has 2 aliphatic heterocycles. The number of H-pyrrole nitrogens is 1. The van der Waals surface area contributed by atoms with Crippen LogP contribution in [0.25, 0.3) is 21.8 Å². The fraction of sp³-hybridized carbons (Fsp3) is 0.433. The van der Waals surface area contributed by atoms with E-state index in [9.17, 15) is 9.18 Å². The molecule has 2 atom stereocenters. The van der Waals surface area contributed by atoms with E-state index in [1.165, 1.54) is 18.3 Å². The van der Waals surface area contributed by atoms with Crippen molar-refractivity contribution >= 4 is 45.1 Å². The number of anilines is 1. The minimum Gasteiger partial charge on any atom is -0.460 e. The minimum absolute atomic E-state index is 0.0756. The average molecular weight is 625 g/mol. The van der Waals surface area contributed by atoms with Crippen molar-refractivity contribution in [3.63, 3.8) is 0 Å². The number of carbonyl (C=O) groups excluding carboxylic acids is 1. The number of aromatic amines is 1. The van der Waals surface area contributed by atoms with Crippen LogP contribution in [-0.4, -0.2) is 106 Å². The molecule has 0 aliphatic carbocycles. The number of methoxy groups -OCH3 is 1. The molecule has 3 aromatic heterocycles. The van der Waals surface area contributed by atoms with Gasteiger partial charge in [-0.3, -0.25) is 9.89 Å². The van der Waals surface area contributed by atoms with Crippen LogP contribution in [-0.2, 0) is 9.53 Å². The summed E-state index contributed by atoms with van der Waals surface area (Å²) in [6.07, 6.45) is 5.12. The second-order valence-corrected chi connectivity index (χ2v) is 11.4. The molecule has 232 valence electrons. The van der Waals surface area contributed by atoms with E-state index < -0.39 is 5.82 Å². The number of nitrogens with one attached hydrogen (secondary N) is 1. The molecule has 0 radical (unpaired) electrons. The van der Waals surface area contributed by atoms with Crippen LogP contribution in [0.3, 0.4) is 0 Å². The molecule has 2 aliphatic rings. The van der Waals surface area contributed by atoms with Crippen LogP contribution >= 0.6 is 11.6 Å². The van der Waals surface area contributed by atoms with Gasteiger partial charge in [0, 0.05) is 71.1 Å². The van der Waals surface area contributed by atoms with Crippen LogP contribution in [0.4, 0.5) is 10.2 Å². The Labute approximate surface area is 258 Å². The van der Waals surface area contributed by atoms with Gasteiger partial charge in [0.05, 0.1) is 29.1 Å². The number of aromatic nitrogens is 5. The Bertz CT molecular complexity index is 1680. The molecule has 2 saturated heterocycles. The molecule has 1 aromatic carbocycles. The number of rotatable bonds is 9. The second kappa shape index (κ2) is 12.9. The lowest BCUT2D eigenvalue weighted by molar-refractivity contribution is -0.126. The normalized spacial score (nSPS) is 19.5. The number of pyridine rings is 1. The first-order chi connectivity index (χ1) is 21.4. The maximum atomic E-state index is 14.7. The van der Waals surface area contributed by atoms with E-state index in [2.05, 4.69) is 38.5 Å². The van der Waals surface area contributed by atoms with Crippen LogP contribution in [0.2, 0.25) is 5.02 Å². The van der Waals surface area contributed by atoms with E-state index in [0.29, 0.717) is 60.4 Å². The molecule has 2 fully saturated rings. The zero-order valence-electron chi connectivity index (χ0n) is 24.6. The molecule has 14 heteroatoms.